The van der Waals surface area contributed by atoms with E-state index >= 15 is 0 Å². The summed E-state index contributed by atoms with van der Waals surface area (Å²) in [7, 11) is 1.80. The molecular formula is C24H25N5O2. The SMILES string of the molecule is CC(=O)n1nc(-c2cccc(C)c2)c(-c2ccc3c(c2)n(C)c(=O)n3C2CCC2)c1N. The van der Waals surface area contributed by atoms with E-state index in [2.05, 4.69) is 5.10 Å². The minimum atomic E-state index is -0.248. The fourth-order valence-electron chi connectivity index (χ4n) is 4.47. The lowest BCUT2D eigenvalue weighted by Gasteiger charge is -2.26. The van der Waals surface area contributed by atoms with Gasteiger partial charge in [0.25, 0.3) is 0 Å². The second-order valence-corrected chi connectivity index (χ2v) is 8.41. The number of imidazole rings is 1. The number of carbonyl (C=O) groups is 1. The molecule has 1 aliphatic rings. The highest BCUT2D eigenvalue weighted by Gasteiger charge is 2.26. The molecule has 2 N–H and O–H groups in total. The molecule has 0 bridgehead atoms. The Labute approximate surface area is 179 Å². The molecule has 1 saturated carbocycles. The van der Waals surface area contributed by atoms with Crippen LogP contribution in [0, 0.1) is 6.92 Å². The van der Waals surface area contributed by atoms with E-state index in [1.54, 1.807) is 11.6 Å². The quantitative estimate of drug-likeness (QED) is 0.545. The van der Waals surface area contributed by atoms with Crippen molar-refractivity contribution in [2.75, 3.05) is 5.73 Å². The van der Waals surface area contributed by atoms with Crippen LogP contribution in [0.1, 0.15) is 42.6 Å². The molecule has 4 aromatic rings. The molecule has 0 unspecified atom stereocenters. The lowest BCUT2D eigenvalue weighted by molar-refractivity contribution is 0.0924. The summed E-state index contributed by atoms with van der Waals surface area (Å²) in [4.78, 5) is 25.1. The van der Waals surface area contributed by atoms with Crippen LogP contribution in [0.2, 0.25) is 0 Å². The summed E-state index contributed by atoms with van der Waals surface area (Å²) in [5, 5.41) is 4.54. The number of hydrogen-bond acceptors (Lipinski definition) is 4. The molecule has 7 heteroatoms. The van der Waals surface area contributed by atoms with Crippen LogP contribution in [0.15, 0.2) is 47.3 Å². The van der Waals surface area contributed by atoms with E-state index in [9.17, 15) is 9.59 Å². The first-order valence-electron chi connectivity index (χ1n) is 10.5. The molecule has 2 aromatic heterocycles. The van der Waals surface area contributed by atoms with Crippen molar-refractivity contribution in [1.82, 2.24) is 18.9 Å². The van der Waals surface area contributed by atoms with E-state index in [0.717, 1.165) is 47.0 Å². The average molecular weight is 415 g/mol. The topological polar surface area (TPSA) is 87.8 Å². The van der Waals surface area contributed by atoms with Gasteiger partial charge in [-0.25, -0.2) is 4.79 Å². The van der Waals surface area contributed by atoms with Crippen LogP contribution in [0.5, 0.6) is 0 Å². The molecule has 0 spiro atoms. The zero-order valence-corrected chi connectivity index (χ0v) is 17.9. The van der Waals surface area contributed by atoms with Gasteiger partial charge in [-0.1, -0.05) is 29.8 Å². The van der Waals surface area contributed by atoms with Crippen molar-refractivity contribution in [3.8, 4) is 22.4 Å². The second-order valence-electron chi connectivity index (χ2n) is 8.41. The number of nitrogens with zero attached hydrogens (tertiary/aromatic N) is 4. The number of carbonyl (C=O) groups excluding carboxylic acids is 1. The van der Waals surface area contributed by atoms with Crippen LogP contribution in [-0.4, -0.2) is 24.8 Å². The molecule has 0 aliphatic heterocycles. The summed E-state index contributed by atoms with van der Waals surface area (Å²) in [6, 6.07) is 14.2. The predicted octanol–water partition coefficient (Wildman–Crippen LogP) is 4.15. The van der Waals surface area contributed by atoms with Gasteiger partial charge in [-0.15, -0.1) is 0 Å². The number of benzene rings is 2. The molecule has 0 amide bonds. The number of nitrogen functional groups attached to an aromatic ring is 1. The number of anilines is 1. The highest BCUT2D eigenvalue weighted by atomic mass is 16.2. The van der Waals surface area contributed by atoms with E-state index in [1.165, 1.54) is 11.6 Å². The molecule has 0 atom stereocenters. The number of nitrogens with two attached hydrogens (primary N) is 1. The van der Waals surface area contributed by atoms with Crippen molar-refractivity contribution >= 4 is 22.8 Å². The number of aromatic nitrogens is 4. The van der Waals surface area contributed by atoms with Gasteiger partial charge in [0.2, 0.25) is 5.91 Å². The van der Waals surface area contributed by atoms with Gasteiger partial charge in [0.15, 0.2) is 0 Å². The van der Waals surface area contributed by atoms with Gasteiger partial charge in [0.1, 0.15) is 11.5 Å². The van der Waals surface area contributed by atoms with Crippen molar-refractivity contribution < 1.29 is 4.79 Å². The first-order valence-corrected chi connectivity index (χ1v) is 10.5. The Kier molecular flexibility index (Phi) is 4.36. The van der Waals surface area contributed by atoms with Gasteiger partial charge in [0, 0.05) is 25.6 Å². The molecule has 7 nitrogen and oxygen atoms in total. The van der Waals surface area contributed by atoms with E-state index in [0.29, 0.717) is 17.1 Å². The first kappa shape index (κ1) is 19.4. The standard InChI is InChI=1S/C24H25N5O2/c1-14-6-4-7-17(12-14)22-21(23(25)29(26-22)15(2)30)16-10-11-19-20(13-16)27(3)24(31)28(19)18-8-5-9-18/h4,6-7,10-13,18H,5,8-9,25H2,1-3H3. The van der Waals surface area contributed by atoms with Crippen molar-refractivity contribution in [2.24, 2.45) is 7.05 Å². The number of aryl methyl sites for hydroxylation is 2. The largest absolute Gasteiger partial charge is 0.383 e. The summed E-state index contributed by atoms with van der Waals surface area (Å²) >= 11 is 0. The van der Waals surface area contributed by atoms with Gasteiger partial charge in [-0.2, -0.15) is 9.78 Å². The molecule has 1 aliphatic carbocycles. The van der Waals surface area contributed by atoms with Crippen molar-refractivity contribution in [3.05, 3.63) is 58.5 Å². The number of fused-ring (bicyclic) bond motifs is 1. The molecule has 2 heterocycles. The van der Waals surface area contributed by atoms with E-state index in [4.69, 9.17) is 5.73 Å². The Morgan fingerprint density at radius 2 is 1.87 bits per heavy atom. The zero-order valence-electron chi connectivity index (χ0n) is 17.9. The lowest BCUT2D eigenvalue weighted by atomic mass is 9.92. The lowest BCUT2D eigenvalue weighted by Crippen LogP contribution is -2.29. The fraction of sp³-hybridized carbons (Fsp3) is 0.292. The minimum absolute atomic E-state index is 0.00293. The van der Waals surface area contributed by atoms with Crippen molar-refractivity contribution in [2.45, 2.75) is 39.2 Å². The van der Waals surface area contributed by atoms with Crippen molar-refractivity contribution in [1.29, 1.82) is 0 Å². The van der Waals surface area contributed by atoms with Gasteiger partial charge in [-0.05, 0) is 49.9 Å². The van der Waals surface area contributed by atoms with E-state index in [-0.39, 0.29) is 17.6 Å². The van der Waals surface area contributed by atoms with Crippen LogP contribution in [-0.2, 0) is 7.05 Å². The Morgan fingerprint density at radius 1 is 1.10 bits per heavy atom. The van der Waals surface area contributed by atoms with Gasteiger partial charge in [-0.3, -0.25) is 13.9 Å². The van der Waals surface area contributed by atoms with E-state index < -0.39 is 0 Å². The Morgan fingerprint density at radius 3 is 2.52 bits per heavy atom. The Bertz CT molecular complexity index is 1400. The maximum absolute atomic E-state index is 12.9. The second kappa shape index (κ2) is 6.97. The highest BCUT2D eigenvalue weighted by Crippen LogP contribution is 2.39. The van der Waals surface area contributed by atoms with Gasteiger partial charge >= 0.3 is 5.69 Å². The third-order valence-electron chi connectivity index (χ3n) is 6.33. The predicted molar refractivity (Wildman–Crippen MR) is 122 cm³/mol. The van der Waals surface area contributed by atoms with Crippen LogP contribution in [0.25, 0.3) is 33.4 Å². The van der Waals surface area contributed by atoms with Crippen LogP contribution in [0.3, 0.4) is 0 Å². The van der Waals surface area contributed by atoms with Gasteiger partial charge < -0.3 is 5.73 Å². The fourth-order valence-corrected chi connectivity index (χ4v) is 4.47. The third kappa shape index (κ3) is 2.91. The third-order valence-corrected chi connectivity index (χ3v) is 6.33. The zero-order chi connectivity index (χ0) is 21.9. The maximum atomic E-state index is 12.9. The molecular weight excluding hydrogens is 390 g/mol. The summed E-state index contributed by atoms with van der Waals surface area (Å²) < 4.78 is 4.84. The smallest absolute Gasteiger partial charge is 0.329 e. The molecule has 5 rings (SSSR count). The normalized spacial score (nSPS) is 14.2. The van der Waals surface area contributed by atoms with E-state index in [1.807, 2.05) is 54.0 Å². The number of hydrogen-bond donors (Lipinski definition) is 1. The average Bonchev–Trinajstić information content (AvgIpc) is 3.17. The summed E-state index contributed by atoms with van der Waals surface area (Å²) in [5.74, 6) is 0.0500. The van der Waals surface area contributed by atoms with Crippen LogP contribution in [0.4, 0.5) is 5.82 Å². The number of rotatable bonds is 3. The Balaban J connectivity index is 1.76. The van der Waals surface area contributed by atoms with Crippen LogP contribution >= 0.6 is 0 Å². The van der Waals surface area contributed by atoms with Crippen LogP contribution < -0.4 is 11.4 Å². The molecule has 2 aromatic carbocycles. The first-order chi connectivity index (χ1) is 14.9. The Hall–Kier alpha value is -3.61. The highest BCUT2D eigenvalue weighted by molar-refractivity contribution is 5.95. The molecule has 0 saturated heterocycles. The molecule has 31 heavy (non-hydrogen) atoms. The molecule has 1 fully saturated rings. The van der Waals surface area contributed by atoms with Crippen molar-refractivity contribution in [3.63, 3.8) is 0 Å². The monoisotopic (exact) mass is 415 g/mol. The minimum Gasteiger partial charge on any atom is -0.383 e. The van der Waals surface area contributed by atoms with Gasteiger partial charge in [0.05, 0.1) is 16.6 Å². The summed E-state index contributed by atoms with van der Waals surface area (Å²) in [6.45, 7) is 3.46. The molecule has 0 radical (unpaired) electrons. The maximum Gasteiger partial charge on any atom is 0.329 e. The summed E-state index contributed by atoms with van der Waals surface area (Å²) in [6.07, 6.45) is 3.24. The summed E-state index contributed by atoms with van der Waals surface area (Å²) in [5.41, 5.74) is 12.4. The molecule has 158 valence electrons.